The summed E-state index contributed by atoms with van der Waals surface area (Å²) >= 11 is 1.73. The van der Waals surface area contributed by atoms with Crippen molar-refractivity contribution < 1.29 is 10.2 Å². The van der Waals surface area contributed by atoms with Gasteiger partial charge in [-0.2, -0.15) is 0 Å². The maximum Gasteiger partial charge on any atom is 0.167 e. The lowest BCUT2D eigenvalue weighted by Crippen LogP contribution is -2.57. The van der Waals surface area contributed by atoms with E-state index in [2.05, 4.69) is 23.4 Å². The van der Waals surface area contributed by atoms with Crippen molar-refractivity contribution in [1.29, 1.82) is 0 Å². The van der Waals surface area contributed by atoms with Crippen LogP contribution in [0, 0.1) is 34.5 Å². The zero-order chi connectivity index (χ0) is 20.4. The minimum atomic E-state index is -0.584. The fourth-order valence-corrected chi connectivity index (χ4v) is 9.50. The monoisotopic (exact) mass is 418 g/mol. The molecule has 0 spiro atoms. The van der Waals surface area contributed by atoms with E-state index in [-0.39, 0.29) is 11.5 Å². The minimum Gasteiger partial charge on any atom is -0.393 e. The quantitative estimate of drug-likeness (QED) is 0.702. The molecule has 5 heteroatoms. The van der Waals surface area contributed by atoms with Gasteiger partial charge in [0.15, 0.2) is 5.16 Å². The maximum atomic E-state index is 11.9. The van der Waals surface area contributed by atoms with Crippen LogP contribution in [0.3, 0.4) is 0 Å². The number of imidazole rings is 1. The fraction of sp³-hybridized carbons (Fsp3) is 0.875. The maximum absolute atomic E-state index is 11.9. The Bertz CT molecular complexity index is 768. The predicted molar refractivity (Wildman–Crippen MR) is 117 cm³/mol. The molecule has 4 saturated carbocycles. The van der Waals surface area contributed by atoms with Gasteiger partial charge in [-0.25, -0.2) is 4.98 Å². The second-order valence-electron chi connectivity index (χ2n) is 11.2. The number of nitrogens with zero attached hydrogens (tertiary/aromatic N) is 2. The molecular weight excluding hydrogens is 380 g/mol. The van der Waals surface area contributed by atoms with Gasteiger partial charge in [0.2, 0.25) is 0 Å². The van der Waals surface area contributed by atoms with Crippen LogP contribution in [-0.4, -0.2) is 37.2 Å². The van der Waals surface area contributed by atoms with E-state index in [0.29, 0.717) is 17.3 Å². The number of aliphatic hydroxyl groups excluding tert-OH is 1. The molecule has 0 saturated heterocycles. The Labute approximate surface area is 179 Å². The lowest BCUT2D eigenvalue weighted by atomic mass is 9.44. The number of thioether (sulfide) groups is 1. The highest BCUT2D eigenvalue weighted by atomic mass is 32.2. The van der Waals surface area contributed by atoms with Crippen LogP contribution < -0.4 is 0 Å². The van der Waals surface area contributed by atoms with E-state index in [1.807, 2.05) is 19.4 Å². The van der Waals surface area contributed by atoms with Gasteiger partial charge in [-0.1, -0.05) is 25.6 Å². The SMILES string of the molecule is Cn1ccnc1SC[C@]1(O)CC[C@@H]2[C@@H]3CC[C@@H]4C[C@H](O)CC[C@]4(C)[C@@H]3CC[C@@]21C. The van der Waals surface area contributed by atoms with E-state index in [9.17, 15) is 10.2 Å². The highest BCUT2D eigenvalue weighted by Crippen LogP contribution is 2.68. The van der Waals surface area contributed by atoms with Crippen LogP contribution in [-0.2, 0) is 7.05 Å². The number of aliphatic hydroxyl groups is 2. The summed E-state index contributed by atoms with van der Waals surface area (Å²) in [7, 11) is 2.03. The zero-order valence-corrected chi connectivity index (χ0v) is 19.1. The first-order valence-corrected chi connectivity index (χ1v) is 12.8. The number of aromatic nitrogens is 2. The topological polar surface area (TPSA) is 58.3 Å². The highest BCUT2D eigenvalue weighted by molar-refractivity contribution is 7.99. The molecule has 29 heavy (non-hydrogen) atoms. The average Bonchev–Trinajstić information content (AvgIpc) is 3.22. The fourth-order valence-electron chi connectivity index (χ4n) is 8.26. The summed E-state index contributed by atoms with van der Waals surface area (Å²) in [5.41, 5.74) is -0.143. The average molecular weight is 419 g/mol. The summed E-state index contributed by atoms with van der Waals surface area (Å²) in [5, 5.41) is 23.1. The van der Waals surface area contributed by atoms with Gasteiger partial charge in [0.1, 0.15) is 0 Å². The Kier molecular flexibility index (Phi) is 4.92. The third-order valence-corrected chi connectivity index (χ3v) is 11.5. The number of fused-ring (bicyclic) bond motifs is 5. The number of rotatable bonds is 3. The summed E-state index contributed by atoms with van der Waals surface area (Å²) in [5.74, 6) is 3.66. The molecule has 0 amide bonds. The molecule has 4 aliphatic rings. The van der Waals surface area contributed by atoms with Crippen molar-refractivity contribution in [3.63, 3.8) is 0 Å². The molecule has 0 radical (unpaired) electrons. The zero-order valence-electron chi connectivity index (χ0n) is 18.3. The van der Waals surface area contributed by atoms with Crippen molar-refractivity contribution in [2.45, 2.75) is 88.5 Å². The first kappa shape index (κ1) is 20.4. The number of aryl methyl sites for hydroxylation is 1. The summed E-state index contributed by atoms with van der Waals surface area (Å²) in [6.07, 6.45) is 14.1. The highest BCUT2D eigenvalue weighted by Gasteiger charge is 2.64. The molecule has 8 atom stereocenters. The van der Waals surface area contributed by atoms with Gasteiger partial charge < -0.3 is 14.8 Å². The van der Waals surface area contributed by atoms with Crippen molar-refractivity contribution in [1.82, 2.24) is 9.55 Å². The van der Waals surface area contributed by atoms with Crippen molar-refractivity contribution in [3.8, 4) is 0 Å². The standard InChI is InChI=1S/C24H38N2O2S/c1-22-9-6-17(27)14-16(22)4-5-18-19(22)7-10-23(2)20(18)8-11-24(23,28)15-29-21-25-12-13-26(21)3/h12-13,16-20,27-28H,4-11,14-15H2,1-3H3/t16-,17-,18-,19-,20-,22+,23+,24-/m1/s1. The van der Waals surface area contributed by atoms with Gasteiger partial charge in [-0.05, 0) is 86.9 Å². The molecule has 1 aromatic rings. The van der Waals surface area contributed by atoms with Gasteiger partial charge in [-0.15, -0.1) is 0 Å². The Morgan fingerprint density at radius 3 is 2.66 bits per heavy atom. The van der Waals surface area contributed by atoms with Crippen molar-refractivity contribution in [2.24, 2.45) is 41.5 Å². The van der Waals surface area contributed by atoms with Crippen LogP contribution in [0.15, 0.2) is 17.6 Å². The molecule has 5 rings (SSSR count). The predicted octanol–water partition coefficient (Wildman–Crippen LogP) is 4.65. The number of hydrogen-bond donors (Lipinski definition) is 2. The normalized spacial score (nSPS) is 49.3. The molecule has 1 aromatic heterocycles. The molecule has 0 unspecified atom stereocenters. The second-order valence-corrected chi connectivity index (χ2v) is 12.2. The van der Waals surface area contributed by atoms with Gasteiger partial charge in [-0.3, -0.25) is 0 Å². The first-order valence-electron chi connectivity index (χ1n) is 11.8. The third kappa shape index (κ3) is 2.97. The van der Waals surface area contributed by atoms with Crippen molar-refractivity contribution in [3.05, 3.63) is 12.4 Å². The Hall–Kier alpha value is -0.520. The van der Waals surface area contributed by atoms with Gasteiger partial charge >= 0.3 is 0 Å². The van der Waals surface area contributed by atoms with Crippen LogP contribution in [0.5, 0.6) is 0 Å². The largest absolute Gasteiger partial charge is 0.393 e. The van der Waals surface area contributed by atoms with Crippen LogP contribution >= 0.6 is 11.8 Å². The molecule has 0 aliphatic heterocycles. The van der Waals surface area contributed by atoms with E-state index in [1.54, 1.807) is 11.8 Å². The molecule has 162 valence electrons. The third-order valence-electron chi connectivity index (χ3n) is 10.2. The smallest absolute Gasteiger partial charge is 0.167 e. The minimum absolute atomic E-state index is 0.0315. The van der Waals surface area contributed by atoms with E-state index in [1.165, 1.54) is 32.1 Å². The first-order chi connectivity index (χ1) is 13.8. The van der Waals surface area contributed by atoms with Crippen molar-refractivity contribution in [2.75, 3.05) is 5.75 Å². The van der Waals surface area contributed by atoms with Gasteiger partial charge in [0.05, 0.1) is 11.7 Å². The lowest BCUT2D eigenvalue weighted by Gasteiger charge is -2.61. The van der Waals surface area contributed by atoms with Gasteiger partial charge in [0.25, 0.3) is 0 Å². The van der Waals surface area contributed by atoms with Crippen LogP contribution in [0.1, 0.15) is 71.6 Å². The summed E-state index contributed by atoms with van der Waals surface area (Å²) < 4.78 is 2.05. The van der Waals surface area contributed by atoms with E-state index >= 15 is 0 Å². The van der Waals surface area contributed by atoms with Crippen molar-refractivity contribution >= 4 is 11.8 Å². The Balaban J connectivity index is 1.36. The van der Waals surface area contributed by atoms with Gasteiger partial charge in [0, 0.05) is 30.6 Å². The molecule has 2 N–H and O–H groups in total. The Morgan fingerprint density at radius 1 is 1.10 bits per heavy atom. The molecule has 4 nitrogen and oxygen atoms in total. The molecule has 0 aromatic carbocycles. The number of hydrogen-bond acceptors (Lipinski definition) is 4. The van der Waals surface area contributed by atoms with E-state index in [0.717, 1.165) is 48.4 Å². The summed E-state index contributed by atoms with van der Waals surface area (Å²) in [4.78, 5) is 4.45. The molecule has 4 fully saturated rings. The lowest BCUT2D eigenvalue weighted by molar-refractivity contribution is -0.152. The molecular formula is C24H38N2O2S. The molecule has 0 bridgehead atoms. The van der Waals surface area contributed by atoms with Crippen LogP contribution in [0.25, 0.3) is 0 Å². The summed E-state index contributed by atoms with van der Waals surface area (Å²) in [6.45, 7) is 4.94. The Morgan fingerprint density at radius 2 is 1.90 bits per heavy atom. The van der Waals surface area contributed by atoms with E-state index in [4.69, 9.17) is 0 Å². The van der Waals surface area contributed by atoms with E-state index < -0.39 is 5.60 Å². The molecule has 4 aliphatic carbocycles. The second kappa shape index (κ2) is 7.00. The van der Waals surface area contributed by atoms with Crippen LogP contribution in [0.2, 0.25) is 0 Å². The van der Waals surface area contributed by atoms with Crippen LogP contribution in [0.4, 0.5) is 0 Å². The summed E-state index contributed by atoms with van der Waals surface area (Å²) in [6, 6.07) is 0. The molecule has 1 heterocycles.